The minimum absolute atomic E-state index is 0.0495. The van der Waals surface area contributed by atoms with Crippen molar-refractivity contribution < 1.29 is 9.59 Å². The van der Waals surface area contributed by atoms with Crippen molar-refractivity contribution in [3.63, 3.8) is 0 Å². The maximum atomic E-state index is 11.8. The lowest BCUT2D eigenvalue weighted by molar-refractivity contribution is -0.126. The van der Waals surface area contributed by atoms with Gasteiger partial charge in [0, 0.05) is 10.9 Å². The van der Waals surface area contributed by atoms with Gasteiger partial charge < -0.3 is 5.32 Å². The first-order chi connectivity index (χ1) is 13.1. The van der Waals surface area contributed by atoms with Crippen LogP contribution in [0.4, 0.5) is 0 Å². The topological polar surface area (TPSA) is 70.6 Å². The van der Waals surface area contributed by atoms with Crippen LogP contribution in [-0.2, 0) is 9.59 Å². The summed E-state index contributed by atoms with van der Waals surface area (Å²) in [5.41, 5.74) is 3.29. The molecule has 1 aromatic rings. The van der Waals surface area contributed by atoms with Crippen LogP contribution in [0.1, 0.15) is 76.7 Å². The molecule has 0 aromatic heterocycles. The largest absolute Gasteiger partial charge is 0.347 e. The molecule has 0 aliphatic heterocycles. The van der Waals surface area contributed by atoms with Gasteiger partial charge in [-0.25, -0.2) is 5.43 Å². The number of amides is 2. The van der Waals surface area contributed by atoms with Gasteiger partial charge in [-0.3, -0.25) is 9.59 Å². The molecule has 27 heavy (non-hydrogen) atoms. The average Bonchev–Trinajstić information content (AvgIpc) is 2.65. The number of hydrogen-bond acceptors (Lipinski definition) is 3. The van der Waals surface area contributed by atoms with Crippen molar-refractivity contribution >= 4 is 34.0 Å². The van der Waals surface area contributed by atoms with Crippen molar-refractivity contribution in [1.82, 2.24) is 10.7 Å². The molecule has 0 radical (unpaired) electrons. The average molecular weight is 438 g/mol. The molecular formula is C21H32BrN3O2. The molecule has 0 unspecified atom stereocenters. The van der Waals surface area contributed by atoms with Crippen LogP contribution in [0.25, 0.3) is 0 Å². The van der Waals surface area contributed by atoms with Gasteiger partial charge >= 0.3 is 0 Å². The van der Waals surface area contributed by atoms with Crippen LogP contribution in [0, 0.1) is 0 Å². The summed E-state index contributed by atoms with van der Waals surface area (Å²) in [5.74, 6) is -0.411. The van der Waals surface area contributed by atoms with Crippen LogP contribution < -0.4 is 10.7 Å². The Balaban J connectivity index is 2.01. The van der Waals surface area contributed by atoms with E-state index in [1.165, 1.54) is 44.9 Å². The number of rotatable bonds is 14. The molecule has 2 amide bonds. The maximum Gasteiger partial charge on any atom is 0.259 e. The summed E-state index contributed by atoms with van der Waals surface area (Å²) in [6.07, 6.45) is 13.0. The second kappa shape index (κ2) is 15.4. The number of carbonyl (C=O) groups excluding carboxylic acids is 2. The van der Waals surface area contributed by atoms with E-state index < -0.39 is 0 Å². The lowest BCUT2D eigenvalue weighted by atomic mass is 10.1. The number of carbonyl (C=O) groups is 2. The van der Waals surface area contributed by atoms with E-state index in [1.807, 2.05) is 24.3 Å². The van der Waals surface area contributed by atoms with Gasteiger partial charge in [0.15, 0.2) is 0 Å². The fourth-order valence-corrected chi connectivity index (χ4v) is 3.09. The summed E-state index contributed by atoms with van der Waals surface area (Å²) in [6.45, 7) is 2.18. The number of nitrogens with zero attached hydrogens (tertiary/aromatic N) is 1. The van der Waals surface area contributed by atoms with Crippen LogP contribution in [0.15, 0.2) is 33.8 Å². The molecule has 2 N–H and O–H groups in total. The predicted molar refractivity (Wildman–Crippen MR) is 115 cm³/mol. The second-order valence-corrected chi connectivity index (χ2v) is 7.62. The second-order valence-electron chi connectivity index (χ2n) is 6.70. The standard InChI is InChI=1S/C21H32BrN3O2/c1-2-3-4-5-6-7-8-9-10-14-20(26)23-17-21(27)25-24-16-18-12-11-13-19(22)15-18/h11-13,15-16H,2-10,14,17H2,1H3,(H,23,26)(H,25,27)/b24-16-. The number of hydrazone groups is 1. The van der Waals surface area contributed by atoms with Crippen LogP contribution in [0.5, 0.6) is 0 Å². The molecule has 0 aliphatic rings. The Hall–Kier alpha value is -1.69. The Morgan fingerprint density at radius 3 is 2.33 bits per heavy atom. The molecule has 0 bridgehead atoms. The van der Waals surface area contributed by atoms with Crippen molar-refractivity contribution in [3.8, 4) is 0 Å². The summed E-state index contributed by atoms with van der Waals surface area (Å²) in [5, 5.41) is 6.52. The molecule has 0 saturated heterocycles. The first-order valence-corrected chi connectivity index (χ1v) is 10.7. The summed E-state index contributed by atoms with van der Waals surface area (Å²) in [4.78, 5) is 23.4. The van der Waals surface area contributed by atoms with E-state index in [2.05, 4.69) is 38.7 Å². The molecule has 0 aliphatic carbocycles. The van der Waals surface area contributed by atoms with E-state index in [0.717, 1.165) is 22.9 Å². The lowest BCUT2D eigenvalue weighted by Crippen LogP contribution is -2.34. The Kier molecular flexibility index (Phi) is 13.3. The zero-order chi connectivity index (χ0) is 19.7. The zero-order valence-corrected chi connectivity index (χ0v) is 17.9. The van der Waals surface area contributed by atoms with Gasteiger partial charge in [-0.05, 0) is 24.1 Å². The Morgan fingerprint density at radius 2 is 1.67 bits per heavy atom. The smallest absolute Gasteiger partial charge is 0.259 e. The summed E-state index contributed by atoms with van der Waals surface area (Å²) < 4.78 is 0.946. The highest BCUT2D eigenvalue weighted by atomic mass is 79.9. The minimum atomic E-state index is -0.332. The zero-order valence-electron chi connectivity index (χ0n) is 16.3. The van der Waals surface area contributed by atoms with E-state index >= 15 is 0 Å². The quantitative estimate of drug-likeness (QED) is 0.246. The van der Waals surface area contributed by atoms with Gasteiger partial charge in [-0.15, -0.1) is 0 Å². The molecule has 0 spiro atoms. The number of nitrogens with one attached hydrogen (secondary N) is 2. The van der Waals surface area contributed by atoms with Crippen molar-refractivity contribution in [3.05, 3.63) is 34.3 Å². The van der Waals surface area contributed by atoms with E-state index in [-0.39, 0.29) is 18.4 Å². The lowest BCUT2D eigenvalue weighted by Gasteiger charge is -2.05. The van der Waals surface area contributed by atoms with Gasteiger partial charge in [-0.2, -0.15) is 5.10 Å². The molecule has 0 atom stereocenters. The Labute approximate surface area is 171 Å². The third kappa shape index (κ3) is 13.2. The Morgan fingerprint density at radius 1 is 1.00 bits per heavy atom. The van der Waals surface area contributed by atoms with Crippen molar-refractivity contribution in [2.75, 3.05) is 6.54 Å². The normalized spacial score (nSPS) is 10.9. The molecule has 0 saturated carbocycles. The van der Waals surface area contributed by atoms with Crippen LogP contribution in [0.2, 0.25) is 0 Å². The summed E-state index contributed by atoms with van der Waals surface area (Å²) in [7, 11) is 0. The molecule has 6 heteroatoms. The minimum Gasteiger partial charge on any atom is -0.347 e. The highest BCUT2D eigenvalue weighted by molar-refractivity contribution is 9.10. The molecule has 1 rings (SSSR count). The maximum absolute atomic E-state index is 11.8. The number of unbranched alkanes of at least 4 members (excludes halogenated alkanes) is 8. The van der Waals surface area contributed by atoms with Crippen LogP contribution >= 0.6 is 15.9 Å². The van der Waals surface area contributed by atoms with Crippen LogP contribution in [-0.4, -0.2) is 24.6 Å². The number of hydrogen-bond donors (Lipinski definition) is 2. The Bertz CT molecular complexity index is 591. The molecular weight excluding hydrogens is 406 g/mol. The van der Waals surface area contributed by atoms with E-state index in [0.29, 0.717) is 6.42 Å². The monoisotopic (exact) mass is 437 g/mol. The van der Waals surface area contributed by atoms with Gasteiger partial charge in [-0.1, -0.05) is 86.4 Å². The van der Waals surface area contributed by atoms with Crippen molar-refractivity contribution in [2.24, 2.45) is 5.10 Å². The fourth-order valence-electron chi connectivity index (χ4n) is 2.67. The molecule has 150 valence electrons. The molecule has 0 fully saturated rings. The van der Waals surface area contributed by atoms with Crippen molar-refractivity contribution in [1.29, 1.82) is 0 Å². The predicted octanol–water partition coefficient (Wildman–Crippen LogP) is 4.94. The number of halogens is 1. The van der Waals surface area contributed by atoms with Gasteiger partial charge in [0.25, 0.3) is 5.91 Å². The molecule has 1 aromatic carbocycles. The highest BCUT2D eigenvalue weighted by Crippen LogP contribution is 2.11. The van der Waals surface area contributed by atoms with E-state index in [1.54, 1.807) is 6.21 Å². The molecule has 5 nitrogen and oxygen atoms in total. The summed E-state index contributed by atoms with van der Waals surface area (Å²) >= 11 is 3.37. The third-order valence-electron chi connectivity index (χ3n) is 4.21. The van der Waals surface area contributed by atoms with Crippen LogP contribution in [0.3, 0.4) is 0 Å². The summed E-state index contributed by atoms with van der Waals surface area (Å²) in [6, 6.07) is 7.58. The van der Waals surface area contributed by atoms with Crippen molar-refractivity contribution in [2.45, 2.75) is 71.1 Å². The first-order valence-electron chi connectivity index (χ1n) is 9.96. The van der Waals surface area contributed by atoms with E-state index in [4.69, 9.17) is 0 Å². The number of benzene rings is 1. The fraction of sp³-hybridized carbons (Fsp3) is 0.571. The van der Waals surface area contributed by atoms with Gasteiger partial charge in [0.2, 0.25) is 5.91 Å². The molecule has 0 heterocycles. The van der Waals surface area contributed by atoms with Gasteiger partial charge in [0.05, 0.1) is 12.8 Å². The first kappa shape index (κ1) is 23.3. The highest BCUT2D eigenvalue weighted by Gasteiger charge is 2.04. The SMILES string of the molecule is CCCCCCCCCCCC(=O)NCC(=O)N/N=C\c1cccc(Br)c1. The van der Waals surface area contributed by atoms with Gasteiger partial charge in [0.1, 0.15) is 0 Å². The third-order valence-corrected chi connectivity index (χ3v) is 4.70. The van der Waals surface area contributed by atoms with E-state index in [9.17, 15) is 9.59 Å².